The summed E-state index contributed by atoms with van der Waals surface area (Å²) in [6, 6.07) is 0.313. The number of piperidine rings is 1. The second kappa shape index (κ2) is 7.23. The van der Waals surface area contributed by atoms with Crippen molar-refractivity contribution in [2.45, 2.75) is 64.0 Å². The van der Waals surface area contributed by atoms with Crippen LogP contribution >= 0.6 is 0 Å². The monoisotopic (exact) mass is 335 g/mol. The van der Waals surface area contributed by atoms with E-state index in [1.165, 1.54) is 0 Å². The van der Waals surface area contributed by atoms with Gasteiger partial charge in [-0.05, 0) is 53.0 Å². The van der Waals surface area contributed by atoms with Crippen LogP contribution in [0.5, 0.6) is 0 Å². The van der Waals surface area contributed by atoms with Gasteiger partial charge in [0.05, 0.1) is 11.7 Å². The third-order valence-electron chi connectivity index (χ3n) is 4.63. The average Bonchev–Trinajstić information content (AvgIpc) is 3.00. The highest BCUT2D eigenvalue weighted by atomic mass is 16.6. The van der Waals surface area contributed by atoms with E-state index in [-0.39, 0.29) is 11.9 Å². The minimum absolute atomic E-state index is 0.265. The SMILES string of the molecule is CC(C)(C)OC(=O)c1cn(C2CCCNC2)nc1C1CCOCC1. The molecular formula is C18H29N3O3. The first-order valence-corrected chi connectivity index (χ1v) is 9.05. The van der Waals surface area contributed by atoms with Gasteiger partial charge in [0.25, 0.3) is 0 Å². The van der Waals surface area contributed by atoms with Crippen molar-refractivity contribution in [3.8, 4) is 0 Å². The number of carbonyl (C=O) groups is 1. The molecule has 0 radical (unpaired) electrons. The van der Waals surface area contributed by atoms with Crippen molar-refractivity contribution in [3.63, 3.8) is 0 Å². The summed E-state index contributed by atoms with van der Waals surface area (Å²) in [5.41, 5.74) is 1.01. The minimum Gasteiger partial charge on any atom is -0.456 e. The number of esters is 1. The first-order chi connectivity index (χ1) is 11.4. The van der Waals surface area contributed by atoms with Crippen LogP contribution in [0.3, 0.4) is 0 Å². The van der Waals surface area contributed by atoms with Crippen LogP contribution < -0.4 is 5.32 Å². The number of hydrogen-bond acceptors (Lipinski definition) is 5. The number of carbonyl (C=O) groups excluding carboxylic acids is 1. The van der Waals surface area contributed by atoms with Gasteiger partial charge in [-0.25, -0.2) is 4.79 Å². The molecule has 3 heterocycles. The first kappa shape index (κ1) is 17.4. The van der Waals surface area contributed by atoms with Crippen molar-refractivity contribution in [1.82, 2.24) is 15.1 Å². The van der Waals surface area contributed by atoms with Gasteiger partial charge < -0.3 is 14.8 Å². The molecule has 24 heavy (non-hydrogen) atoms. The van der Waals surface area contributed by atoms with Crippen LogP contribution in [0.4, 0.5) is 0 Å². The van der Waals surface area contributed by atoms with E-state index in [0.717, 1.165) is 57.7 Å². The Kier molecular flexibility index (Phi) is 5.25. The third-order valence-corrected chi connectivity index (χ3v) is 4.63. The smallest absolute Gasteiger partial charge is 0.342 e. The molecule has 0 spiro atoms. The summed E-state index contributed by atoms with van der Waals surface area (Å²) in [5.74, 6) is 0.0121. The number of nitrogens with zero attached hydrogens (tertiary/aromatic N) is 2. The highest BCUT2D eigenvalue weighted by molar-refractivity contribution is 5.91. The fourth-order valence-corrected chi connectivity index (χ4v) is 3.41. The lowest BCUT2D eigenvalue weighted by Gasteiger charge is -2.24. The average molecular weight is 335 g/mol. The number of ether oxygens (including phenoxy) is 2. The molecule has 1 atom stereocenters. The normalized spacial score (nSPS) is 23.2. The van der Waals surface area contributed by atoms with Crippen LogP contribution in [-0.2, 0) is 9.47 Å². The third kappa shape index (κ3) is 4.16. The van der Waals surface area contributed by atoms with E-state index in [2.05, 4.69) is 5.32 Å². The molecule has 2 fully saturated rings. The molecule has 0 bridgehead atoms. The fourth-order valence-electron chi connectivity index (χ4n) is 3.41. The lowest BCUT2D eigenvalue weighted by molar-refractivity contribution is 0.00658. The van der Waals surface area contributed by atoms with Gasteiger partial charge in [0, 0.05) is 31.9 Å². The molecule has 1 unspecified atom stereocenters. The van der Waals surface area contributed by atoms with Crippen molar-refractivity contribution >= 4 is 5.97 Å². The molecule has 0 aliphatic carbocycles. The van der Waals surface area contributed by atoms with Crippen molar-refractivity contribution in [2.75, 3.05) is 26.3 Å². The summed E-state index contributed by atoms with van der Waals surface area (Å²) >= 11 is 0. The Hall–Kier alpha value is -1.40. The minimum atomic E-state index is -0.501. The molecule has 2 aliphatic rings. The molecule has 1 aromatic rings. The van der Waals surface area contributed by atoms with E-state index in [1.807, 2.05) is 31.6 Å². The Morgan fingerprint density at radius 2 is 2.08 bits per heavy atom. The summed E-state index contributed by atoms with van der Waals surface area (Å²) < 4.78 is 13.1. The molecule has 0 amide bonds. The van der Waals surface area contributed by atoms with E-state index in [0.29, 0.717) is 11.6 Å². The van der Waals surface area contributed by atoms with Gasteiger partial charge in [-0.1, -0.05) is 0 Å². The van der Waals surface area contributed by atoms with E-state index < -0.39 is 5.60 Å². The Bertz CT molecular complexity index is 565. The van der Waals surface area contributed by atoms with E-state index >= 15 is 0 Å². The van der Waals surface area contributed by atoms with Crippen LogP contribution in [0, 0.1) is 0 Å². The lowest BCUT2D eigenvalue weighted by atomic mass is 9.94. The fraction of sp³-hybridized carbons (Fsp3) is 0.778. The Balaban J connectivity index is 1.88. The van der Waals surface area contributed by atoms with E-state index in [9.17, 15) is 4.79 Å². The molecule has 0 aromatic carbocycles. The van der Waals surface area contributed by atoms with Crippen LogP contribution in [0.25, 0.3) is 0 Å². The largest absolute Gasteiger partial charge is 0.456 e. The molecule has 6 nitrogen and oxygen atoms in total. The maximum absolute atomic E-state index is 12.7. The predicted molar refractivity (Wildman–Crippen MR) is 91.3 cm³/mol. The van der Waals surface area contributed by atoms with Gasteiger partial charge in [0.2, 0.25) is 0 Å². The van der Waals surface area contributed by atoms with Crippen LogP contribution in [-0.4, -0.2) is 47.7 Å². The first-order valence-electron chi connectivity index (χ1n) is 9.05. The number of rotatable bonds is 3. The standard InChI is InChI=1S/C18H29N3O3/c1-18(2,3)24-17(22)15-12-21(14-5-4-8-19-11-14)20-16(15)13-6-9-23-10-7-13/h12-14,19H,4-11H2,1-3H3. The zero-order chi connectivity index (χ0) is 17.2. The number of aromatic nitrogens is 2. The van der Waals surface area contributed by atoms with Gasteiger partial charge in [0.1, 0.15) is 11.2 Å². The Morgan fingerprint density at radius 1 is 1.33 bits per heavy atom. The van der Waals surface area contributed by atoms with Crippen molar-refractivity contribution in [1.29, 1.82) is 0 Å². The van der Waals surface area contributed by atoms with Gasteiger partial charge >= 0.3 is 5.97 Å². The van der Waals surface area contributed by atoms with Gasteiger partial charge in [0.15, 0.2) is 0 Å². The topological polar surface area (TPSA) is 65.4 Å². The highest BCUT2D eigenvalue weighted by Crippen LogP contribution is 2.31. The number of nitrogens with one attached hydrogen (secondary N) is 1. The lowest BCUT2D eigenvalue weighted by Crippen LogP contribution is -2.32. The molecule has 3 rings (SSSR count). The van der Waals surface area contributed by atoms with Gasteiger partial charge in [-0.15, -0.1) is 0 Å². The quantitative estimate of drug-likeness (QED) is 0.860. The number of hydrogen-bond donors (Lipinski definition) is 1. The van der Waals surface area contributed by atoms with Gasteiger partial charge in [-0.2, -0.15) is 5.10 Å². The zero-order valence-electron chi connectivity index (χ0n) is 15.0. The summed E-state index contributed by atoms with van der Waals surface area (Å²) in [5, 5.41) is 8.24. The zero-order valence-corrected chi connectivity index (χ0v) is 15.0. The maximum atomic E-state index is 12.7. The molecule has 1 aromatic heterocycles. The van der Waals surface area contributed by atoms with Crippen molar-refractivity contribution < 1.29 is 14.3 Å². The van der Waals surface area contributed by atoms with E-state index in [1.54, 1.807) is 0 Å². The molecule has 0 saturated carbocycles. The molecule has 2 saturated heterocycles. The van der Waals surface area contributed by atoms with Crippen molar-refractivity contribution in [3.05, 3.63) is 17.5 Å². The molecular weight excluding hydrogens is 306 g/mol. The molecule has 2 aliphatic heterocycles. The van der Waals surface area contributed by atoms with Crippen LogP contribution in [0.15, 0.2) is 6.20 Å². The summed E-state index contributed by atoms with van der Waals surface area (Å²) in [6.45, 7) is 9.12. The predicted octanol–water partition coefficient (Wildman–Crippen LogP) is 2.66. The highest BCUT2D eigenvalue weighted by Gasteiger charge is 2.30. The van der Waals surface area contributed by atoms with E-state index in [4.69, 9.17) is 14.6 Å². The Labute approximate surface area is 143 Å². The maximum Gasteiger partial charge on any atom is 0.342 e. The second-order valence-corrected chi connectivity index (χ2v) is 7.80. The summed E-state index contributed by atoms with van der Waals surface area (Å²) in [7, 11) is 0. The second-order valence-electron chi connectivity index (χ2n) is 7.80. The van der Waals surface area contributed by atoms with Crippen molar-refractivity contribution in [2.24, 2.45) is 0 Å². The summed E-state index contributed by atoms with van der Waals surface area (Å²) in [6.07, 6.45) is 5.95. The molecule has 6 heteroatoms. The van der Waals surface area contributed by atoms with Crippen LogP contribution in [0.2, 0.25) is 0 Å². The van der Waals surface area contributed by atoms with Gasteiger partial charge in [-0.3, -0.25) is 4.68 Å². The molecule has 134 valence electrons. The molecule has 1 N–H and O–H groups in total. The summed E-state index contributed by atoms with van der Waals surface area (Å²) in [4.78, 5) is 12.7. The van der Waals surface area contributed by atoms with Crippen LogP contribution in [0.1, 0.15) is 74.5 Å². The Morgan fingerprint density at radius 3 is 2.71 bits per heavy atom.